The second-order valence-electron chi connectivity index (χ2n) is 8.44. The highest BCUT2D eigenvalue weighted by molar-refractivity contribution is 6.08. The average Bonchev–Trinajstić information content (AvgIpc) is 3.31. The standard InChI is InChI=1S/C22H28N6O5/c1-15-11-17(25-33-15)13-26-7-9-27(10-8-26)14-19(29)24-28-20(30)22(2,23-21(28)31)16-5-4-6-18(12-16)32-3/h4-6,11-12H,7-10,13-14H2,1-3H3,(H,23,31)(H,24,29). The zero-order chi connectivity index (χ0) is 23.6. The molecule has 1 atom stereocenters. The highest BCUT2D eigenvalue weighted by Crippen LogP contribution is 2.30. The number of aromatic nitrogens is 1. The molecule has 33 heavy (non-hydrogen) atoms. The first-order chi connectivity index (χ1) is 15.8. The van der Waals surface area contributed by atoms with E-state index in [0.29, 0.717) is 30.9 Å². The Kier molecular flexibility index (Phi) is 6.34. The van der Waals surface area contributed by atoms with Gasteiger partial charge in [-0.1, -0.05) is 17.3 Å². The number of amides is 4. The zero-order valence-corrected chi connectivity index (χ0v) is 19.0. The molecule has 4 amide bonds. The number of benzene rings is 1. The molecule has 2 aliphatic heterocycles. The number of nitrogens with zero attached hydrogens (tertiary/aromatic N) is 4. The molecule has 1 aromatic heterocycles. The van der Waals surface area contributed by atoms with Crippen LogP contribution in [0.15, 0.2) is 34.9 Å². The summed E-state index contributed by atoms with van der Waals surface area (Å²) in [5.74, 6) is 0.371. The molecule has 0 aliphatic carbocycles. The van der Waals surface area contributed by atoms with Gasteiger partial charge in [-0.25, -0.2) is 4.79 Å². The fourth-order valence-electron chi connectivity index (χ4n) is 4.06. The maximum Gasteiger partial charge on any atom is 0.344 e. The summed E-state index contributed by atoms with van der Waals surface area (Å²) in [6.45, 7) is 7.16. The van der Waals surface area contributed by atoms with Crippen molar-refractivity contribution in [2.75, 3.05) is 39.8 Å². The normalized spacial score (nSPS) is 21.8. The molecule has 1 unspecified atom stereocenters. The van der Waals surface area contributed by atoms with E-state index >= 15 is 0 Å². The number of urea groups is 1. The van der Waals surface area contributed by atoms with E-state index in [2.05, 4.69) is 20.8 Å². The molecule has 0 spiro atoms. The maximum absolute atomic E-state index is 13.0. The quantitative estimate of drug-likeness (QED) is 0.582. The van der Waals surface area contributed by atoms with Crippen molar-refractivity contribution < 1.29 is 23.6 Å². The van der Waals surface area contributed by atoms with Crippen LogP contribution in [0.2, 0.25) is 0 Å². The monoisotopic (exact) mass is 456 g/mol. The molecule has 2 saturated heterocycles. The first-order valence-corrected chi connectivity index (χ1v) is 10.8. The predicted octanol–water partition coefficient (Wildman–Crippen LogP) is 0.608. The van der Waals surface area contributed by atoms with E-state index < -0.39 is 23.4 Å². The van der Waals surface area contributed by atoms with Crippen molar-refractivity contribution in [3.8, 4) is 5.75 Å². The number of carbonyl (C=O) groups excluding carboxylic acids is 3. The van der Waals surface area contributed by atoms with E-state index in [1.54, 1.807) is 31.2 Å². The number of ether oxygens (including phenoxy) is 1. The molecule has 2 aliphatic rings. The van der Waals surface area contributed by atoms with Crippen LogP contribution in [0, 0.1) is 6.92 Å². The van der Waals surface area contributed by atoms with Crippen molar-refractivity contribution >= 4 is 17.8 Å². The number of aryl methyl sites for hydroxylation is 1. The zero-order valence-electron chi connectivity index (χ0n) is 19.0. The van der Waals surface area contributed by atoms with Gasteiger partial charge in [0.15, 0.2) is 0 Å². The lowest BCUT2D eigenvalue weighted by Crippen LogP contribution is -2.53. The number of hydrogen-bond donors (Lipinski definition) is 2. The summed E-state index contributed by atoms with van der Waals surface area (Å²) in [4.78, 5) is 42.3. The van der Waals surface area contributed by atoms with Crippen LogP contribution in [0.3, 0.4) is 0 Å². The number of carbonyl (C=O) groups is 3. The van der Waals surface area contributed by atoms with Gasteiger partial charge in [-0.3, -0.25) is 24.8 Å². The fourth-order valence-corrected chi connectivity index (χ4v) is 4.06. The minimum Gasteiger partial charge on any atom is -0.497 e. The molecule has 176 valence electrons. The van der Waals surface area contributed by atoms with Crippen LogP contribution in [-0.2, 0) is 21.7 Å². The van der Waals surface area contributed by atoms with Gasteiger partial charge >= 0.3 is 6.03 Å². The summed E-state index contributed by atoms with van der Waals surface area (Å²) in [5.41, 5.74) is 2.61. The van der Waals surface area contributed by atoms with E-state index in [0.717, 1.165) is 29.6 Å². The molecule has 3 heterocycles. The van der Waals surface area contributed by atoms with Crippen LogP contribution >= 0.6 is 0 Å². The minimum atomic E-state index is -1.30. The Morgan fingerprint density at radius 3 is 2.61 bits per heavy atom. The molecule has 11 nitrogen and oxygen atoms in total. The molecule has 1 aromatic carbocycles. The molecule has 0 bridgehead atoms. The largest absolute Gasteiger partial charge is 0.497 e. The van der Waals surface area contributed by atoms with Crippen molar-refractivity contribution in [1.82, 2.24) is 30.7 Å². The van der Waals surface area contributed by atoms with Gasteiger partial charge in [0.1, 0.15) is 17.0 Å². The van der Waals surface area contributed by atoms with Crippen LogP contribution in [0.4, 0.5) is 4.79 Å². The summed E-state index contributed by atoms with van der Waals surface area (Å²) in [7, 11) is 1.53. The molecule has 2 fully saturated rings. The molecular formula is C22H28N6O5. The number of piperazine rings is 1. The lowest BCUT2D eigenvalue weighted by Gasteiger charge is -2.33. The van der Waals surface area contributed by atoms with Gasteiger partial charge in [0, 0.05) is 38.8 Å². The Bertz CT molecular complexity index is 1050. The average molecular weight is 457 g/mol. The van der Waals surface area contributed by atoms with E-state index in [9.17, 15) is 14.4 Å². The van der Waals surface area contributed by atoms with Gasteiger partial charge in [-0.05, 0) is 31.5 Å². The molecule has 2 N–H and O–H groups in total. The summed E-state index contributed by atoms with van der Waals surface area (Å²) in [6.07, 6.45) is 0. The van der Waals surface area contributed by atoms with E-state index in [1.807, 2.05) is 17.9 Å². The number of imide groups is 1. The number of nitrogens with one attached hydrogen (secondary N) is 2. The van der Waals surface area contributed by atoms with Gasteiger partial charge < -0.3 is 14.6 Å². The highest BCUT2D eigenvalue weighted by Gasteiger charge is 2.50. The van der Waals surface area contributed by atoms with E-state index in [-0.39, 0.29) is 6.54 Å². The Morgan fingerprint density at radius 1 is 1.21 bits per heavy atom. The Morgan fingerprint density at radius 2 is 1.94 bits per heavy atom. The lowest BCUT2D eigenvalue weighted by molar-refractivity contribution is -0.139. The Hall–Kier alpha value is -3.44. The van der Waals surface area contributed by atoms with Gasteiger partial charge in [0.25, 0.3) is 11.8 Å². The van der Waals surface area contributed by atoms with Gasteiger partial charge in [0.05, 0.1) is 19.3 Å². The van der Waals surface area contributed by atoms with E-state index in [1.165, 1.54) is 7.11 Å². The second-order valence-corrected chi connectivity index (χ2v) is 8.44. The van der Waals surface area contributed by atoms with Crippen LogP contribution in [0.5, 0.6) is 5.75 Å². The first-order valence-electron chi connectivity index (χ1n) is 10.8. The summed E-state index contributed by atoms with van der Waals surface area (Å²) in [6, 6.07) is 8.14. The second kappa shape index (κ2) is 9.20. The predicted molar refractivity (Wildman–Crippen MR) is 117 cm³/mol. The topological polar surface area (TPSA) is 120 Å². The fraction of sp³-hybridized carbons (Fsp3) is 0.455. The summed E-state index contributed by atoms with van der Waals surface area (Å²) in [5, 5.41) is 7.44. The number of methoxy groups -OCH3 is 1. The summed E-state index contributed by atoms with van der Waals surface area (Å²) < 4.78 is 10.3. The molecule has 0 radical (unpaired) electrons. The Labute approximate surface area is 191 Å². The van der Waals surface area contributed by atoms with Crippen LogP contribution in [0.1, 0.15) is 23.9 Å². The third-order valence-corrected chi connectivity index (χ3v) is 5.97. The number of hydrogen-bond acceptors (Lipinski definition) is 8. The van der Waals surface area contributed by atoms with Crippen LogP contribution in [-0.4, -0.2) is 77.6 Å². The minimum absolute atomic E-state index is 0.0871. The van der Waals surface area contributed by atoms with Gasteiger partial charge in [-0.2, -0.15) is 5.01 Å². The first kappa shape index (κ1) is 22.7. The molecule has 11 heteroatoms. The van der Waals surface area contributed by atoms with Crippen molar-refractivity contribution in [3.63, 3.8) is 0 Å². The van der Waals surface area contributed by atoms with Crippen LogP contribution in [0.25, 0.3) is 0 Å². The van der Waals surface area contributed by atoms with E-state index in [4.69, 9.17) is 9.26 Å². The van der Waals surface area contributed by atoms with Gasteiger partial charge in [0.2, 0.25) is 0 Å². The van der Waals surface area contributed by atoms with Crippen molar-refractivity contribution in [2.45, 2.75) is 25.9 Å². The molecule has 4 rings (SSSR count). The number of rotatable bonds is 7. The third-order valence-electron chi connectivity index (χ3n) is 5.97. The lowest BCUT2D eigenvalue weighted by atomic mass is 9.92. The van der Waals surface area contributed by atoms with Crippen molar-refractivity contribution in [3.05, 3.63) is 47.3 Å². The maximum atomic E-state index is 13.0. The molecule has 0 saturated carbocycles. The highest BCUT2D eigenvalue weighted by atomic mass is 16.5. The smallest absolute Gasteiger partial charge is 0.344 e. The summed E-state index contributed by atoms with van der Waals surface area (Å²) >= 11 is 0. The molecule has 2 aromatic rings. The molecular weight excluding hydrogens is 428 g/mol. The Balaban J connectivity index is 1.30. The van der Waals surface area contributed by atoms with Crippen molar-refractivity contribution in [1.29, 1.82) is 0 Å². The SMILES string of the molecule is COc1cccc(C2(C)NC(=O)N(NC(=O)CN3CCN(Cc4cc(C)on4)CC3)C2=O)c1. The van der Waals surface area contributed by atoms with Crippen molar-refractivity contribution in [2.24, 2.45) is 0 Å². The number of hydrazine groups is 1. The van der Waals surface area contributed by atoms with Crippen LogP contribution < -0.4 is 15.5 Å². The third kappa shape index (κ3) is 4.83. The van der Waals surface area contributed by atoms with Gasteiger partial charge in [-0.15, -0.1) is 0 Å².